The van der Waals surface area contributed by atoms with E-state index in [2.05, 4.69) is 10.3 Å². The van der Waals surface area contributed by atoms with E-state index < -0.39 is 0 Å². The van der Waals surface area contributed by atoms with E-state index in [0.717, 1.165) is 29.3 Å². The monoisotopic (exact) mass is 246 g/mol. The van der Waals surface area contributed by atoms with Crippen molar-refractivity contribution < 1.29 is 9.15 Å². The van der Waals surface area contributed by atoms with Crippen LogP contribution >= 0.6 is 0 Å². The van der Waals surface area contributed by atoms with Crippen LogP contribution in [-0.4, -0.2) is 24.7 Å². The highest BCUT2D eigenvalue weighted by Crippen LogP contribution is 2.34. The SMILES string of the molecule is COCC(Nc1ccc2oc(C)nc2c1)C1CC1. The Kier molecular flexibility index (Phi) is 2.96. The van der Waals surface area contributed by atoms with Crippen LogP contribution in [0.4, 0.5) is 5.69 Å². The minimum Gasteiger partial charge on any atom is -0.441 e. The van der Waals surface area contributed by atoms with Gasteiger partial charge in [0.05, 0.1) is 12.6 Å². The van der Waals surface area contributed by atoms with Gasteiger partial charge in [0.15, 0.2) is 11.5 Å². The summed E-state index contributed by atoms with van der Waals surface area (Å²) in [5, 5.41) is 3.54. The third-order valence-electron chi connectivity index (χ3n) is 3.38. The van der Waals surface area contributed by atoms with Crippen molar-refractivity contribution in [1.82, 2.24) is 4.98 Å². The number of aromatic nitrogens is 1. The van der Waals surface area contributed by atoms with Crippen LogP contribution in [0.15, 0.2) is 22.6 Å². The minimum absolute atomic E-state index is 0.403. The van der Waals surface area contributed by atoms with Crippen LogP contribution in [0.1, 0.15) is 18.7 Å². The van der Waals surface area contributed by atoms with E-state index >= 15 is 0 Å². The lowest BCUT2D eigenvalue weighted by Crippen LogP contribution is -2.27. The molecule has 4 heteroatoms. The summed E-state index contributed by atoms with van der Waals surface area (Å²) < 4.78 is 10.7. The number of methoxy groups -OCH3 is 1. The van der Waals surface area contributed by atoms with Gasteiger partial charge < -0.3 is 14.5 Å². The van der Waals surface area contributed by atoms with Crippen molar-refractivity contribution in [3.8, 4) is 0 Å². The molecule has 1 unspecified atom stereocenters. The Balaban J connectivity index is 1.80. The molecule has 96 valence electrons. The molecular weight excluding hydrogens is 228 g/mol. The maximum absolute atomic E-state index is 5.47. The largest absolute Gasteiger partial charge is 0.441 e. The highest BCUT2D eigenvalue weighted by molar-refractivity contribution is 5.77. The van der Waals surface area contributed by atoms with Crippen molar-refractivity contribution in [3.63, 3.8) is 0 Å². The Morgan fingerprint density at radius 2 is 2.33 bits per heavy atom. The number of hydrogen-bond donors (Lipinski definition) is 1. The summed E-state index contributed by atoms with van der Waals surface area (Å²) in [6.07, 6.45) is 2.60. The average molecular weight is 246 g/mol. The fourth-order valence-electron chi connectivity index (χ4n) is 2.32. The lowest BCUT2D eigenvalue weighted by atomic mass is 10.2. The van der Waals surface area contributed by atoms with Gasteiger partial charge in [-0.1, -0.05) is 0 Å². The van der Waals surface area contributed by atoms with Gasteiger partial charge in [-0.2, -0.15) is 0 Å². The maximum Gasteiger partial charge on any atom is 0.192 e. The molecule has 1 aromatic carbocycles. The van der Waals surface area contributed by atoms with Crippen molar-refractivity contribution >= 4 is 16.8 Å². The standard InChI is InChI=1S/C14H18N2O2/c1-9-15-12-7-11(5-6-14(12)18-9)16-13(8-17-2)10-3-4-10/h5-7,10,13,16H,3-4,8H2,1-2H3. The second-order valence-corrected chi connectivity index (χ2v) is 4.96. The van der Waals surface area contributed by atoms with Gasteiger partial charge in [-0.15, -0.1) is 0 Å². The Morgan fingerprint density at radius 3 is 3.06 bits per heavy atom. The van der Waals surface area contributed by atoms with Crippen molar-refractivity contribution in [3.05, 3.63) is 24.1 Å². The predicted molar refractivity (Wildman–Crippen MR) is 70.8 cm³/mol. The van der Waals surface area contributed by atoms with Crippen LogP contribution in [0.3, 0.4) is 0 Å². The molecular formula is C14H18N2O2. The number of rotatable bonds is 5. The van der Waals surface area contributed by atoms with Crippen molar-refractivity contribution in [2.75, 3.05) is 19.0 Å². The van der Waals surface area contributed by atoms with Gasteiger partial charge in [0.1, 0.15) is 5.52 Å². The molecule has 0 bridgehead atoms. The summed E-state index contributed by atoms with van der Waals surface area (Å²) in [6.45, 7) is 2.62. The summed E-state index contributed by atoms with van der Waals surface area (Å²) >= 11 is 0. The predicted octanol–water partition coefficient (Wildman–Crippen LogP) is 2.97. The lowest BCUT2D eigenvalue weighted by molar-refractivity contribution is 0.179. The van der Waals surface area contributed by atoms with Gasteiger partial charge in [-0.25, -0.2) is 4.98 Å². The molecule has 1 aliphatic carbocycles. The van der Waals surface area contributed by atoms with E-state index in [1.165, 1.54) is 12.8 Å². The second-order valence-electron chi connectivity index (χ2n) is 4.96. The molecule has 0 amide bonds. The number of nitrogens with one attached hydrogen (secondary N) is 1. The summed E-state index contributed by atoms with van der Waals surface area (Å²) in [7, 11) is 1.75. The number of aryl methyl sites for hydroxylation is 1. The smallest absolute Gasteiger partial charge is 0.192 e. The van der Waals surface area contributed by atoms with Gasteiger partial charge in [-0.05, 0) is 37.0 Å². The average Bonchev–Trinajstić information content (AvgIpc) is 3.11. The highest BCUT2D eigenvalue weighted by atomic mass is 16.5. The molecule has 2 aromatic rings. The summed E-state index contributed by atoms with van der Waals surface area (Å²) in [4.78, 5) is 4.35. The molecule has 1 aliphatic rings. The molecule has 0 spiro atoms. The zero-order valence-electron chi connectivity index (χ0n) is 10.8. The zero-order valence-corrected chi connectivity index (χ0v) is 10.8. The highest BCUT2D eigenvalue weighted by Gasteiger charge is 2.31. The maximum atomic E-state index is 5.47. The molecule has 0 aliphatic heterocycles. The van der Waals surface area contributed by atoms with E-state index in [0.29, 0.717) is 11.9 Å². The van der Waals surface area contributed by atoms with Crippen LogP contribution in [0.5, 0.6) is 0 Å². The fraction of sp³-hybridized carbons (Fsp3) is 0.500. The van der Waals surface area contributed by atoms with E-state index in [9.17, 15) is 0 Å². The van der Waals surface area contributed by atoms with Gasteiger partial charge >= 0.3 is 0 Å². The minimum atomic E-state index is 0.403. The summed E-state index contributed by atoms with van der Waals surface area (Å²) in [6, 6.07) is 6.45. The number of benzene rings is 1. The normalized spacial score (nSPS) is 17.0. The van der Waals surface area contributed by atoms with E-state index in [4.69, 9.17) is 9.15 Å². The first-order valence-corrected chi connectivity index (χ1v) is 6.39. The Morgan fingerprint density at radius 1 is 1.50 bits per heavy atom. The Bertz CT molecular complexity index is 546. The molecule has 3 rings (SSSR count). The number of ether oxygens (including phenoxy) is 1. The van der Waals surface area contributed by atoms with Gasteiger partial charge in [0, 0.05) is 19.7 Å². The first-order valence-electron chi connectivity index (χ1n) is 6.39. The van der Waals surface area contributed by atoms with Crippen molar-refractivity contribution in [1.29, 1.82) is 0 Å². The van der Waals surface area contributed by atoms with Gasteiger partial charge in [0.2, 0.25) is 0 Å². The number of nitrogens with zero attached hydrogens (tertiary/aromatic N) is 1. The molecule has 1 aromatic heterocycles. The summed E-state index contributed by atoms with van der Waals surface area (Å²) in [5.74, 6) is 1.46. The van der Waals surface area contributed by atoms with Crippen molar-refractivity contribution in [2.24, 2.45) is 5.92 Å². The van der Waals surface area contributed by atoms with Crippen LogP contribution in [0.25, 0.3) is 11.1 Å². The first-order chi connectivity index (χ1) is 8.76. The quantitative estimate of drug-likeness (QED) is 0.881. The number of fused-ring (bicyclic) bond motifs is 1. The Labute approximate surface area is 106 Å². The fourth-order valence-corrected chi connectivity index (χ4v) is 2.32. The molecule has 1 N–H and O–H groups in total. The lowest BCUT2D eigenvalue weighted by Gasteiger charge is -2.18. The summed E-state index contributed by atoms with van der Waals surface area (Å²) in [5.41, 5.74) is 2.84. The number of oxazole rings is 1. The first kappa shape index (κ1) is 11.5. The van der Waals surface area contributed by atoms with Crippen LogP contribution in [0.2, 0.25) is 0 Å². The molecule has 0 radical (unpaired) electrons. The molecule has 1 fully saturated rings. The Hall–Kier alpha value is -1.55. The van der Waals surface area contributed by atoms with Crippen LogP contribution in [-0.2, 0) is 4.74 Å². The number of anilines is 1. The van der Waals surface area contributed by atoms with Gasteiger partial charge in [-0.3, -0.25) is 0 Å². The molecule has 18 heavy (non-hydrogen) atoms. The van der Waals surface area contributed by atoms with E-state index in [1.807, 2.05) is 25.1 Å². The molecule has 4 nitrogen and oxygen atoms in total. The van der Waals surface area contributed by atoms with Crippen LogP contribution < -0.4 is 5.32 Å². The number of hydrogen-bond acceptors (Lipinski definition) is 4. The topological polar surface area (TPSA) is 47.3 Å². The van der Waals surface area contributed by atoms with E-state index in [1.54, 1.807) is 7.11 Å². The third kappa shape index (κ3) is 2.34. The van der Waals surface area contributed by atoms with Gasteiger partial charge in [0.25, 0.3) is 0 Å². The molecule has 0 saturated heterocycles. The van der Waals surface area contributed by atoms with Crippen LogP contribution in [0, 0.1) is 12.8 Å². The third-order valence-corrected chi connectivity index (χ3v) is 3.38. The molecule has 1 heterocycles. The zero-order chi connectivity index (χ0) is 12.5. The second kappa shape index (κ2) is 4.61. The molecule has 1 saturated carbocycles. The molecule has 1 atom stereocenters. The van der Waals surface area contributed by atoms with Crippen molar-refractivity contribution in [2.45, 2.75) is 25.8 Å². The van der Waals surface area contributed by atoms with E-state index in [-0.39, 0.29) is 0 Å².